The van der Waals surface area contributed by atoms with Gasteiger partial charge in [0.1, 0.15) is 5.78 Å². The molecule has 1 aliphatic carbocycles. The molecule has 2 rings (SSSR count). The van der Waals surface area contributed by atoms with Crippen LogP contribution in [0.25, 0.3) is 0 Å². The zero-order valence-electron chi connectivity index (χ0n) is 9.92. The zero-order valence-corrected chi connectivity index (χ0v) is 9.92. The monoisotopic (exact) mass is 197 g/mol. The van der Waals surface area contributed by atoms with Crippen molar-refractivity contribution in [2.45, 2.75) is 58.5 Å². The Kier molecular flexibility index (Phi) is 4.11. The fraction of sp³-hybridized carbons (Fsp3) is 0.917. The number of hydrogen-bond acceptors (Lipinski definition) is 2. The fourth-order valence-electron chi connectivity index (χ4n) is 2.51. The first-order valence-electron chi connectivity index (χ1n) is 5.92. The molecule has 0 aromatic carbocycles. The quantitative estimate of drug-likeness (QED) is 0.678. The third kappa shape index (κ3) is 2.35. The summed E-state index contributed by atoms with van der Waals surface area (Å²) in [7, 11) is 2.11. The van der Waals surface area contributed by atoms with Crippen molar-refractivity contribution < 1.29 is 4.79 Å². The van der Waals surface area contributed by atoms with Crippen LogP contribution in [0.4, 0.5) is 0 Å². The van der Waals surface area contributed by atoms with Gasteiger partial charge in [-0.2, -0.15) is 0 Å². The van der Waals surface area contributed by atoms with E-state index in [0.717, 1.165) is 18.4 Å². The normalized spacial score (nSPS) is 32.3. The molecule has 1 unspecified atom stereocenters. The number of ketones is 1. The number of carbonyl (C=O) groups excluding carboxylic acids is 1. The van der Waals surface area contributed by atoms with Crippen LogP contribution in [0.2, 0.25) is 0 Å². The van der Waals surface area contributed by atoms with Crippen LogP contribution in [0.3, 0.4) is 0 Å². The highest BCUT2D eigenvalue weighted by Gasteiger charge is 2.41. The second-order valence-corrected chi connectivity index (χ2v) is 4.27. The van der Waals surface area contributed by atoms with E-state index in [1.807, 2.05) is 13.8 Å². The highest BCUT2D eigenvalue weighted by atomic mass is 16.1. The van der Waals surface area contributed by atoms with Crippen LogP contribution in [0, 0.1) is 5.92 Å². The Morgan fingerprint density at radius 3 is 2.07 bits per heavy atom. The molecule has 0 N–H and O–H groups in total. The minimum absolute atomic E-state index is 0.232. The van der Waals surface area contributed by atoms with Crippen molar-refractivity contribution in [1.82, 2.24) is 4.90 Å². The lowest BCUT2D eigenvalue weighted by Crippen LogP contribution is -2.37. The molecule has 0 radical (unpaired) electrons. The van der Waals surface area contributed by atoms with E-state index >= 15 is 0 Å². The number of nitrogens with zero attached hydrogens (tertiary/aromatic N) is 1. The van der Waals surface area contributed by atoms with E-state index in [2.05, 4.69) is 11.9 Å². The maximum Gasteiger partial charge on any atom is 0.146 e. The minimum atomic E-state index is 0.232. The molecule has 2 fully saturated rings. The van der Waals surface area contributed by atoms with Crippen molar-refractivity contribution in [3.63, 3.8) is 0 Å². The van der Waals surface area contributed by atoms with Gasteiger partial charge in [0.25, 0.3) is 0 Å². The molecule has 0 aromatic heterocycles. The van der Waals surface area contributed by atoms with Gasteiger partial charge < -0.3 is 0 Å². The predicted molar refractivity (Wildman–Crippen MR) is 59.3 cm³/mol. The van der Waals surface area contributed by atoms with Crippen LogP contribution in [0.5, 0.6) is 0 Å². The molecule has 1 heterocycles. The molecule has 2 atom stereocenters. The zero-order chi connectivity index (χ0) is 10.7. The molecule has 0 amide bonds. The van der Waals surface area contributed by atoms with Crippen LogP contribution in [0.15, 0.2) is 0 Å². The van der Waals surface area contributed by atoms with Gasteiger partial charge in [0.2, 0.25) is 0 Å². The SMILES string of the molecule is CC.CC(=O)[C@@H]1CCC(C2CC2)N1C. The Bertz CT molecular complexity index is 198. The summed E-state index contributed by atoms with van der Waals surface area (Å²) in [5, 5.41) is 0. The summed E-state index contributed by atoms with van der Waals surface area (Å²) in [6, 6.07) is 0.953. The second-order valence-electron chi connectivity index (χ2n) is 4.27. The number of hydrogen-bond donors (Lipinski definition) is 0. The second kappa shape index (κ2) is 4.92. The van der Waals surface area contributed by atoms with E-state index in [1.54, 1.807) is 6.92 Å². The van der Waals surface area contributed by atoms with E-state index in [-0.39, 0.29) is 6.04 Å². The third-order valence-electron chi connectivity index (χ3n) is 3.39. The number of rotatable bonds is 2. The largest absolute Gasteiger partial charge is 0.298 e. The molecular weight excluding hydrogens is 174 g/mol. The van der Waals surface area contributed by atoms with Gasteiger partial charge in [-0.15, -0.1) is 0 Å². The summed E-state index contributed by atoms with van der Waals surface area (Å²) < 4.78 is 0. The van der Waals surface area contributed by atoms with Gasteiger partial charge in [-0.1, -0.05) is 13.8 Å². The highest BCUT2D eigenvalue weighted by Crippen LogP contribution is 2.41. The van der Waals surface area contributed by atoms with E-state index in [9.17, 15) is 4.79 Å². The Labute approximate surface area is 87.7 Å². The average Bonchev–Trinajstić information content (AvgIpc) is 2.93. The molecule has 0 bridgehead atoms. The molecule has 1 saturated heterocycles. The summed E-state index contributed by atoms with van der Waals surface area (Å²) in [6.07, 6.45) is 5.11. The summed E-state index contributed by atoms with van der Waals surface area (Å²) in [4.78, 5) is 13.5. The first-order chi connectivity index (χ1) is 6.70. The van der Waals surface area contributed by atoms with Gasteiger partial charge in [-0.05, 0) is 45.6 Å². The summed E-state index contributed by atoms with van der Waals surface area (Å²) in [6.45, 7) is 5.72. The van der Waals surface area contributed by atoms with E-state index < -0.39 is 0 Å². The van der Waals surface area contributed by atoms with Crippen molar-refractivity contribution in [1.29, 1.82) is 0 Å². The molecule has 2 nitrogen and oxygen atoms in total. The first kappa shape index (κ1) is 11.7. The van der Waals surface area contributed by atoms with Gasteiger partial charge in [0.15, 0.2) is 0 Å². The van der Waals surface area contributed by atoms with Crippen LogP contribution < -0.4 is 0 Å². The van der Waals surface area contributed by atoms with Crippen molar-refractivity contribution in [2.24, 2.45) is 5.92 Å². The number of likely N-dealkylation sites (tertiary alicyclic amines) is 1. The Balaban J connectivity index is 0.000000461. The molecule has 1 saturated carbocycles. The molecular formula is C12H23NO. The maximum absolute atomic E-state index is 11.2. The van der Waals surface area contributed by atoms with Crippen molar-refractivity contribution in [3.05, 3.63) is 0 Å². The van der Waals surface area contributed by atoms with Gasteiger partial charge in [-0.3, -0.25) is 9.69 Å². The fourth-order valence-corrected chi connectivity index (χ4v) is 2.51. The minimum Gasteiger partial charge on any atom is -0.298 e. The van der Waals surface area contributed by atoms with Crippen molar-refractivity contribution >= 4 is 5.78 Å². The van der Waals surface area contributed by atoms with Gasteiger partial charge in [0, 0.05) is 6.04 Å². The lowest BCUT2D eigenvalue weighted by Gasteiger charge is -2.23. The smallest absolute Gasteiger partial charge is 0.146 e. The van der Waals surface area contributed by atoms with Crippen molar-refractivity contribution in [2.75, 3.05) is 7.05 Å². The third-order valence-corrected chi connectivity index (χ3v) is 3.39. The topological polar surface area (TPSA) is 20.3 Å². The number of likely N-dealkylation sites (N-methyl/N-ethyl adjacent to an activating group) is 1. The van der Waals surface area contributed by atoms with E-state index in [1.165, 1.54) is 19.3 Å². The Morgan fingerprint density at radius 2 is 1.71 bits per heavy atom. The Hall–Kier alpha value is -0.370. The number of Topliss-reactive ketones (excluding diaryl/α,β-unsaturated/α-hetero) is 1. The van der Waals surface area contributed by atoms with E-state index in [0.29, 0.717) is 5.78 Å². The Morgan fingerprint density at radius 1 is 1.14 bits per heavy atom. The predicted octanol–water partition coefficient (Wildman–Crippen LogP) is 2.47. The highest BCUT2D eigenvalue weighted by molar-refractivity contribution is 5.81. The summed E-state index contributed by atoms with van der Waals surface area (Å²) in [5.41, 5.74) is 0. The standard InChI is InChI=1S/C10H17NO.C2H6/c1-7(12)9-5-6-10(11(9)2)8-3-4-8;1-2/h8-10H,3-6H2,1-2H3;1-2H3/t9-,10?;/m0./s1. The molecule has 1 aliphatic heterocycles. The van der Waals surface area contributed by atoms with Crippen molar-refractivity contribution in [3.8, 4) is 0 Å². The average molecular weight is 197 g/mol. The van der Waals surface area contributed by atoms with Gasteiger partial charge >= 0.3 is 0 Å². The molecule has 82 valence electrons. The lowest BCUT2D eigenvalue weighted by molar-refractivity contribution is -0.121. The first-order valence-corrected chi connectivity index (χ1v) is 5.92. The molecule has 0 spiro atoms. The summed E-state index contributed by atoms with van der Waals surface area (Å²) >= 11 is 0. The molecule has 0 aromatic rings. The number of carbonyl (C=O) groups is 1. The molecule has 2 aliphatic rings. The summed E-state index contributed by atoms with van der Waals surface area (Å²) in [5.74, 6) is 1.26. The van der Waals surface area contributed by atoms with Crippen LogP contribution in [-0.4, -0.2) is 29.8 Å². The molecule has 14 heavy (non-hydrogen) atoms. The maximum atomic E-state index is 11.2. The van der Waals surface area contributed by atoms with Gasteiger partial charge in [-0.25, -0.2) is 0 Å². The van der Waals surface area contributed by atoms with Crippen LogP contribution >= 0.6 is 0 Å². The lowest BCUT2D eigenvalue weighted by atomic mass is 10.1. The van der Waals surface area contributed by atoms with Crippen LogP contribution in [0.1, 0.15) is 46.5 Å². The van der Waals surface area contributed by atoms with Crippen LogP contribution in [-0.2, 0) is 4.79 Å². The molecule has 2 heteroatoms. The van der Waals surface area contributed by atoms with Gasteiger partial charge in [0.05, 0.1) is 6.04 Å². The van der Waals surface area contributed by atoms with E-state index in [4.69, 9.17) is 0 Å².